The highest BCUT2D eigenvalue weighted by Gasteiger charge is 2.46. The summed E-state index contributed by atoms with van der Waals surface area (Å²) >= 11 is 0. The molecule has 114 valence electrons. The van der Waals surface area contributed by atoms with Crippen molar-refractivity contribution in [2.24, 2.45) is 0 Å². The number of amides is 1. The summed E-state index contributed by atoms with van der Waals surface area (Å²) in [7, 11) is 0. The Morgan fingerprint density at radius 3 is 2.81 bits per heavy atom. The largest absolute Gasteiger partial charge is 0.441 e. The van der Waals surface area contributed by atoms with E-state index < -0.39 is 0 Å². The van der Waals surface area contributed by atoms with Gasteiger partial charge in [0.25, 0.3) is 0 Å². The summed E-state index contributed by atoms with van der Waals surface area (Å²) < 4.78 is 5.83. The van der Waals surface area contributed by atoms with Crippen LogP contribution in [0.4, 0.5) is 4.79 Å². The lowest BCUT2D eigenvalue weighted by Gasteiger charge is -2.30. The number of carbonyl (C=O) groups is 1. The average molecular weight is 288 g/mol. The van der Waals surface area contributed by atoms with Crippen molar-refractivity contribution in [2.75, 3.05) is 19.6 Å². The van der Waals surface area contributed by atoms with Gasteiger partial charge in [0.05, 0.1) is 12.6 Å². The topological polar surface area (TPSA) is 41.6 Å². The van der Waals surface area contributed by atoms with Crippen molar-refractivity contribution < 1.29 is 9.53 Å². The van der Waals surface area contributed by atoms with E-state index in [-0.39, 0.29) is 17.7 Å². The molecule has 1 spiro atoms. The molecule has 2 unspecified atom stereocenters. The molecule has 2 aliphatic rings. The molecule has 1 N–H and O–H groups in total. The monoisotopic (exact) mass is 288 g/mol. The third kappa shape index (κ3) is 3.05. The van der Waals surface area contributed by atoms with Crippen LogP contribution in [0.2, 0.25) is 0 Å². The first-order valence-electron chi connectivity index (χ1n) is 7.95. The normalized spacial score (nSPS) is 28.0. The van der Waals surface area contributed by atoms with Crippen molar-refractivity contribution in [3.05, 3.63) is 35.9 Å². The predicted octanol–water partition coefficient (Wildman–Crippen LogP) is 3.10. The molecule has 2 aliphatic heterocycles. The standard InChI is InChI=1S/C17H24N2O2/c1-14(15-7-3-2-4-8-15)19-13-17(21-16(19)20)9-5-6-11-18-12-10-17/h2-4,7-8,14,18H,5-6,9-13H2,1H3. The van der Waals surface area contributed by atoms with E-state index in [9.17, 15) is 4.79 Å². The van der Waals surface area contributed by atoms with Gasteiger partial charge in [0, 0.05) is 6.42 Å². The molecule has 2 heterocycles. The van der Waals surface area contributed by atoms with E-state index in [2.05, 4.69) is 24.4 Å². The van der Waals surface area contributed by atoms with Crippen LogP contribution in [-0.2, 0) is 4.74 Å². The molecule has 1 aromatic rings. The Morgan fingerprint density at radius 1 is 1.19 bits per heavy atom. The Kier molecular flexibility index (Phi) is 4.15. The fraction of sp³-hybridized carbons (Fsp3) is 0.588. The maximum atomic E-state index is 12.3. The van der Waals surface area contributed by atoms with Gasteiger partial charge in [0.15, 0.2) is 0 Å². The summed E-state index contributed by atoms with van der Waals surface area (Å²) in [5.74, 6) is 0. The fourth-order valence-electron chi connectivity index (χ4n) is 3.38. The maximum Gasteiger partial charge on any atom is 0.411 e. The summed E-state index contributed by atoms with van der Waals surface area (Å²) in [5.41, 5.74) is 0.878. The first-order valence-corrected chi connectivity index (χ1v) is 7.95. The number of ether oxygens (including phenoxy) is 1. The third-order valence-electron chi connectivity index (χ3n) is 4.74. The SMILES string of the molecule is CC(c1ccccc1)N1CC2(CCCCNCC2)OC1=O. The minimum atomic E-state index is -0.284. The smallest absolute Gasteiger partial charge is 0.411 e. The van der Waals surface area contributed by atoms with Gasteiger partial charge in [-0.25, -0.2) is 4.79 Å². The van der Waals surface area contributed by atoms with Crippen molar-refractivity contribution in [1.29, 1.82) is 0 Å². The van der Waals surface area contributed by atoms with Crippen LogP contribution >= 0.6 is 0 Å². The van der Waals surface area contributed by atoms with E-state index in [0.717, 1.165) is 44.3 Å². The first-order chi connectivity index (χ1) is 10.2. The number of hydrogen-bond donors (Lipinski definition) is 1. The second-order valence-electron chi connectivity index (χ2n) is 6.22. The summed E-state index contributed by atoms with van der Waals surface area (Å²) in [6, 6.07) is 10.2. The van der Waals surface area contributed by atoms with E-state index in [1.165, 1.54) is 0 Å². The van der Waals surface area contributed by atoms with E-state index in [1.54, 1.807) is 0 Å². The highest BCUT2D eigenvalue weighted by Crippen LogP contribution is 2.36. The average Bonchev–Trinajstić information content (AvgIpc) is 2.81. The van der Waals surface area contributed by atoms with E-state index in [0.29, 0.717) is 6.54 Å². The molecule has 1 aromatic carbocycles. The van der Waals surface area contributed by atoms with Gasteiger partial charge in [-0.3, -0.25) is 4.90 Å². The predicted molar refractivity (Wildman–Crippen MR) is 82.1 cm³/mol. The van der Waals surface area contributed by atoms with Crippen LogP contribution in [0.3, 0.4) is 0 Å². The molecule has 1 amide bonds. The maximum absolute atomic E-state index is 12.3. The summed E-state index contributed by atoms with van der Waals surface area (Å²) in [6.07, 6.45) is 4.02. The minimum absolute atomic E-state index is 0.0662. The zero-order valence-electron chi connectivity index (χ0n) is 12.7. The van der Waals surface area contributed by atoms with Crippen LogP contribution in [0, 0.1) is 0 Å². The lowest BCUT2D eigenvalue weighted by Crippen LogP contribution is -2.40. The highest BCUT2D eigenvalue weighted by atomic mass is 16.6. The van der Waals surface area contributed by atoms with Crippen molar-refractivity contribution in [3.8, 4) is 0 Å². The van der Waals surface area contributed by atoms with Crippen molar-refractivity contribution in [1.82, 2.24) is 10.2 Å². The molecule has 0 radical (unpaired) electrons. The number of carbonyl (C=O) groups excluding carboxylic acids is 1. The minimum Gasteiger partial charge on any atom is -0.441 e. The van der Waals surface area contributed by atoms with Crippen LogP contribution in [0.15, 0.2) is 30.3 Å². The van der Waals surface area contributed by atoms with Gasteiger partial charge in [-0.05, 0) is 44.8 Å². The molecule has 3 rings (SSSR count). The Bertz CT molecular complexity index is 481. The summed E-state index contributed by atoms with van der Waals surface area (Å²) in [5, 5.41) is 3.42. The molecular weight excluding hydrogens is 264 g/mol. The molecule has 21 heavy (non-hydrogen) atoms. The number of nitrogens with one attached hydrogen (secondary N) is 1. The first kappa shape index (κ1) is 14.4. The quantitative estimate of drug-likeness (QED) is 0.909. The molecule has 2 saturated heterocycles. The molecular formula is C17H24N2O2. The lowest BCUT2D eigenvalue weighted by atomic mass is 9.91. The summed E-state index contributed by atoms with van der Waals surface area (Å²) in [6.45, 7) is 4.80. The Labute approximate surface area is 126 Å². The van der Waals surface area contributed by atoms with E-state index in [4.69, 9.17) is 4.74 Å². The molecule has 2 fully saturated rings. The van der Waals surface area contributed by atoms with Crippen LogP contribution in [0.1, 0.15) is 44.2 Å². The molecule has 0 aromatic heterocycles. The molecule has 0 saturated carbocycles. The second-order valence-corrected chi connectivity index (χ2v) is 6.22. The molecule has 0 aliphatic carbocycles. The lowest BCUT2D eigenvalue weighted by molar-refractivity contribution is 0.0376. The van der Waals surface area contributed by atoms with Gasteiger partial charge < -0.3 is 10.1 Å². The third-order valence-corrected chi connectivity index (χ3v) is 4.74. The van der Waals surface area contributed by atoms with Gasteiger partial charge >= 0.3 is 6.09 Å². The molecule has 4 heteroatoms. The number of rotatable bonds is 2. The highest BCUT2D eigenvalue weighted by molar-refractivity contribution is 5.71. The summed E-state index contributed by atoms with van der Waals surface area (Å²) in [4.78, 5) is 14.2. The van der Waals surface area contributed by atoms with Crippen molar-refractivity contribution in [2.45, 2.75) is 44.2 Å². The molecule has 2 atom stereocenters. The number of nitrogens with zero attached hydrogens (tertiary/aromatic N) is 1. The molecule has 0 bridgehead atoms. The van der Waals surface area contributed by atoms with Gasteiger partial charge in [0.2, 0.25) is 0 Å². The number of hydrogen-bond acceptors (Lipinski definition) is 3. The van der Waals surface area contributed by atoms with Gasteiger partial charge in [0.1, 0.15) is 5.60 Å². The van der Waals surface area contributed by atoms with Crippen LogP contribution in [-0.4, -0.2) is 36.2 Å². The Morgan fingerprint density at radius 2 is 2.00 bits per heavy atom. The van der Waals surface area contributed by atoms with Gasteiger partial charge in [-0.1, -0.05) is 30.3 Å². The zero-order valence-corrected chi connectivity index (χ0v) is 12.7. The van der Waals surface area contributed by atoms with Crippen LogP contribution in [0.5, 0.6) is 0 Å². The Balaban J connectivity index is 1.74. The second kappa shape index (κ2) is 6.06. The van der Waals surface area contributed by atoms with E-state index in [1.807, 2.05) is 23.1 Å². The number of benzene rings is 1. The van der Waals surface area contributed by atoms with Gasteiger partial charge in [-0.2, -0.15) is 0 Å². The van der Waals surface area contributed by atoms with Gasteiger partial charge in [-0.15, -0.1) is 0 Å². The zero-order chi connectivity index (χ0) is 14.7. The van der Waals surface area contributed by atoms with Crippen molar-refractivity contribution in [3.63, 3.8) is 0 Å². The fourth-order valence-corrected chi connectivity index (χ4v) is 3.38. The molecule has 4 nitrogen and oxygen atoms in total. The van der Waals surface area contributed by atoms with Crippen LogP contribution in [0.25, 0.3) is 0 Å². The Hall–Kier alpha value is -1.55. The van der Waals surface area contributed by atoms with Crippen molar-refractivity contribution >= 4 is 6.09 Å². The van der Waals surface area contributed by atoms with E-state index >= 15 is 0 Å². The van der Waals surface area contributed by atoms with Crippen LogP contribution < -0.4 is 5.32 Å².